The van der Waals surface area contributed by atoms with Gasteiger partial charge in [-0.1, -0.05) is 33.6 Å². The fourth-order valence-electron chi connectivity index (χ4n) is 2.79. The van der Waals surface area contributed by atoms with Crippen molar-refractivity contribution in [1.82, 2.24) is 15.3 Å². The van der Waals surface area contributed by atoms with Gasteiger partial charge in [-0.05, 0) is 18.8 Å². The van der Waals surface area contributed by atoms with Crippen molar-refractivity contribution in [2.45, 2.75) is 58.9 Å². The number of hydrogen-bond donors (Lipinski definition) is 2. The molecule has 96 valence electrons. The summed E-state index contributed by atoms with van der Waals surface area (Å²) in [6.45, 7) is 7.63. The number of nitrogens with zero attached hydrogens (tertiary/aromatic N) is 2. The van der Waals surface area contributed by atoms with E-state index in [-0.39, 0.29) is 6.29 Å². The van der Waals surface area contributed by atoms with Crippen LogP contribution in [0.4, 0.5) is 0 Å². The maximum Gasteiger partial charge on any atom is 0.126 e. The highest BCUT2D eigenvalue weighted by Crippen LogP contribution is 2.24. The third-order valence-corrected chi connectivity index (χ3v) is 3.56. The van der Waals surface area contributed by atoms with Gasteiger partial charge >= 0.3 is 0 Å². The van der Waals surface area contributed by atoms with Crippen molar-refractivity contribution in [3.05, 3.63) is 0 Å². The Labute approximate surface area is 100 Å². The third-order valence-electron chi connectivity index (χ3n) is 3.56. The van der Waals surface area contributed by atoms with Crippen LogP contribution in [-0.2, 0) is 0 Å². The fraction of sp³-hybridized carbons (Fsp3) is 1.00. The number of hydrogen-bond acceptors (Lipinski definition) is 4. The maximum atomic E-state index is 6.07. The van der Waals surface area contributed by atoms with Gasteiger partial charge in [0.15, 0.2) is 0 Å². The first-order valence-electron chi connectivity index (χ1n) is 6.66. The zero-order valence-corrected chi connectivity index (χ0v) is 11.2. The van der Waals surface area contributed by atoms with Gasteiger partial charge in [0.1, 0.15) is 6.29 Å². The van der Waals surface area contributed by atoms with Gasteiger partial charge in [-0.15, -0.1) is 0 Å². The van der Waals surface area contributed by atoms with E-state index >= 15 is 0 Å². The van der Waals surface area contributed by atoms with Crippen LogP contribution in [0.15, 0.2) is 0 Å². The number of hydrazine groups is 1. The highest BCUT2D eigenvalue weighted by atomic mass is 15.8. The van der Waals surface area contributed by atoms with Gasteiger partial charge in [-0.25, -0.2) is 10.0 Å². The van der Waals surface area contributed by atoms with Crippen molar-refractivity contribution >= 4 is 0 Å². The molecule has 1 aliphatic rings. The first-order chi connectivity index (χ1) is 7.65. The minimum atomic E-state index is -0.0174. The summed E-state index contributed by atoms with van der Waals surface area (Å²) in [5.41, 5.74) is 6.07. The molecule has 4 heteroatoms. The second-order valence-electron chi connectivity index (χ2n) is 4.72. The molecule has 0 bridgehead atoms. The summed E-state index contributed by atoms with van der Waals surface area (Å²) in [7, 11) is 2.15. The van der Waals surface area contributed by atoms with E-state index in [1.165, 1.54) is 25.7 Å². The molecule has 1 heterocycles. The van der Waals surface area contributed by atoms with Gasteiger partial charge in [0, 0.05) is 13.6 Å². The van der Waals surface area contributed by atoms with E-state index in [9.17, 15) is 0 Å². The predicted molar refractivity (Wildman–Crippen MR) is 68.3 cm³/mol. The summed E-state index contributed by atoms with van der Waals surface area (Å²) in [4.78, 5) is 0. The number of nitrogens with two attached hydrogens (primary N) is 1. The molecule has 16 heavy (non-hydrogen) atoms. The predicted octanol–water partition coefficient (Wildman–Crippen LogP) is 1.54. The molecule has 0 radical (unpaired) electrons. The van der Waals surface area contributed by atoms with Gasteiger partial charge in [-0.3, -0.25) is 5.32 Å². The molecule has 0 aromatic carbocycles. The molecule has 0 aromatic heterocycles. The van der Waals surface area contributed by atoms with Crippen LogP contribution in [0.5, 0.6) is 0 Å². The Balaban J connectivity index is 2.63. The van der Waals surface area contributed by atoms with E-state index in [0.29, 0.717) is 12.1 Å². The Bertz CT molecular complexity index is 191. The highest BCUT2D eigenvalue weighted by Gasteiger charge is 2.36. The van der Waals surface area contributed by atoms with E-state index < -0.39 is 0 Å². The monoisotopic (exact) mass is 228 g/mol. The molecule has 1 rings (SSSR count). The van der Waals surface area contributed by atoms with Crippen molar-refractivity contribution < 1.29 is 0 Å². The molecule has 1 fully saturated rings. The smallest absolute Gasteiger partial charge is 0.126 e. The van der Waals surface area contributed by atoms with E-state index in [1.807, 2.05) is 0 Å². The Hall–Kier alpha value is -0.160. The molecule has 1 saturated heterocycles. The summed E-state index contributed by atoms with van der Waals surface area (Å²) in [5.74, 6) is 0.711. The van der Waals surface area contributed by atoms with Crippen molar-refractivity contribution in [3.63, 3.8) is 0 Å². The second-order valence-corrected chi connectivity index (χ2v) is 4.72. The van der Waals surface area contributed by atoms with Crippen molar-refractivity contribution in [1.29, 1.82) is 0 Å². The average Bonchev–Trinajstić information content (AvgIpc) is 2.53. The van der Waals surface area contributed by atoms with Crippen LogP contribution in [0.2, 0.25) is 0 Å². The van der Waals surface area contributed by atoms with E-state index in [2.05, 4.69) is 43.2 Å². The van der Waals surface area contributed by atoms with Crippen molar-refractivity contribution in [2.75, 3.05) is 13.6 Å². The lowest BCUT2D eigenvalue weighted by Gasteiger charge is -2.31. The molecule has 3 N–H and O–H groups in total. The summed E-state index contributed by atoms with van der Waals surface area (Å²) in [5, 5.41) is 7.99. The molecule has 0 aromatic rings. The van der Waals surface area contributed by atoms with Gasteiger partial charge in [0.2, 0.25) is 0 Å². The van der Waals surface area contributed by atoms with Crippen LogP contribution in [0.3, 0.4) is 0 Å². The first-order valence-corrected chi connectivity index (χ1v) is 6.66. The second kappa shape index (κ2) is 6.55. The Morgan fingerprint density at radius 2 is 1.75 bits per heavy atom. The van der Waals surface area contributed by atoms with Crippen LogP contribution >= 0.6 is 0 Å². The normalized spacial score (nSPS) is 28.1. The van der Waals surface area contributed by atoms with Gasteiger partial charge in [-0.2, -0.15) is 0 Å². The lowest BCUT2D eigenvalue weighted by atomic mass is 9.95. The highest BCUT2D eigenvalue weighted by molar-refractivity contribution is 4.82. The van der Waals surface area contributed by atoms with E-state index in [1.54, 1.807) is 0 Å². The molecule has 0 amide bonds. The standard InChI is InChI=1S/C12H28N4/c1-5-8-10(9-6-2)11-14-12(13)16(7-3)15(11)4/h10-12,14H,5-9,13H2,1-4H3. The summed E-state index contributed by atoms with van der Waals surface area (Å²) in [6.07, 6.45) is 5.45. The lowest BCUT2D eigenvalue weighted by molar-refractivity contribution is -0.0121. The fourth-order valence-corrected chi connectivity index (χ4v) is 2.79. The molecule has 1 aliphatic heterocycles. The van der Waals surface area contributed by atoms with Crippen LogP contribution in [0, 0.1) is 5.92 Å². The Kier molecular flexibility index (Phi) is 5.69. The quantitative estimate of drug-likeness (QED) is 0.724. The molecular formula is C12H28N4. The van der Waals surface area contributed by atoms with E-state index in [0.717, 1.165) is 6.54 Å². The van der Waals surface area contributed by atoms with Crippen molar-refractivity contribution in [2.24, 2.45) is 11.7 Å². The molecule has 2 unspecified atom stereocenters. The maximum absolute atomic E-state index is 6.07. The topological polar surface area (TPSA) is 44.5 Å². The van der Waals surface area contributed by atoms with Crippen LogP contribution in [0.1, 0.15) is 46.5 Å². The molecule has 0 aliphatic carbocycles. The zero-order valence-electron chi connectivity index (χ0n) is 11.2. The Morgan fingerprint density at radius 3 is 2.12 bits per heavy atom. The summed E-state index contributed by atoms with van der Waals surface area (Å²) < 4.78 is 0. The largest absolute Gasteiger partial charge is 0.302 e. The minimum absolute atomic E-state index is 0.0174. The van der Waals surface area contributed by atoms with Crippen LogP contribution in [-0.4, -0.2) is 36.1 Å². The van der Waals surface area contributed by atoms with Crippen LogP contribution in [0.25, 0.3) is 0 Å². The van der Waals surface area contributed by atoms with E-state index in [4.69, 9.17) is 5.73 Å². The van der Waals surface area contributed by atoms with Crippen LogP contribution < -0.4 is 11.1 Å². The lowest BCUT2D eigenvalue weighted by Crippen LogP contribution is -2.46. The molecule has 0 spiro atoms. The molecule has 0 saturated carbocycles. The first kappa shape index (κ1) is 13.9. The molecular weight excluding hydrogens is 200 g/mol. The number of rotatable bonds is 6. The van der Waals surface area contributed by atoms with Gasteiger partial charge in [0.25, 0.3) is 0 Å². The average molecular weight is 228 g/mol. The zero-order chi connectivity index (χ0) is 12.1. The summed E-state index contributed by atoms with van der Waals surface area (Å²) >= 11 is 0. The SMILES string of the molecule is CCCC(CCC)C1NC(N)N(CC)N1C. The van der Waals surface area contributed by atoms with Gasteiger partial charge in [0.05, 0.1) is 6.17 Å². The third kappa shape index (κ3) is 2.94. The van der Waals surface area contributed by atoms with Crippen molar-refractivity contribution in [3.8, 4) is 0 Å². The minimum Gasteiger partial charge on any atom is -0.302 e. The summed E-state index contributed by atoms with van der Waals surface area (Å²) in [6, 6.07) is 0. The number of nitrogens with one attached hydrogen (secondary N) is 1. The van der Waals surface area contributed by atoms with Gasteiger partial charge < -0.3 is 5.73 Å². The molecule has 4 nitrogen and oxygen atoms in total. The molecule has 2 atom stereocenters. The Morgan fingerprint density at radius 1 is 1.19 bits per heavy atom.